The average Bonchev–Trinajstić information content (AvgIpc) is 2.50. The molecule has 2 unspecified atom stereocenters. The average molecular weight is 212 g/mol. The second-order valence-electron chi connectivity index (χ2n) is 3.21. The van der Waals surface area contributed by atoms with Gasteiger partial charge in [-0.25, -0.2) is 0 Å². The van der Waals surface area contributed by atoms with E-state index in [1.807, 2.05) is 18.2 Å². The van der Waals surface area contributed by atoms with Gasteiger partial charge in [0.05, 0.1) is 0 Å². The third kappa shape index (κ3) is 1.55. The third-order valence-electron chi connectivity index (χ3n) is 2.38. The van der Waals surface area contributed by atoms with Crippen molar-refractivity contribution in [1.82, 2.24) is 0 Å². The van der Waals surface area contributed by atoms with Crippen LogP contribution in [0.1, 0.15) is 12.5 Å². The summed E-state index contributed by atoms with van der Waals surface area (Å²) in [5.74, 6) is 1.84. The summed E-state index contributed by atoms with van der Waals surface area (Å²) in [4.78, 5) is 0. The van der Waals surface area contributed by atoms with E-state index in [9.17, 15) is 4.21 Å². The molecule has 1 saturated heterocycles. The third-order valence-corrected chi connectivity index (χ3v) is 6.42. The van der Waals surface area contributed by atoms with Gasteiger partial charge in [0.15, 0.2) is 0 Å². The van der Waals surface area contributed by atoms with Gasteiger partial charge in [-0.1, -0.05) is 30.3 Å². The molecule has 0 bridgehead atoms. The van der Waals surface area contributed by atoms with E-state index in [4.69, 9.17) is 0 Å². The maximum absolute atomic E-state index is 11.8. The molecular formula is C10H12OS2. The topological polar surface area (TPSA) is 17.1 Å². The predicted octanol–water partition coefficient (Wildman–Crippen LogP) is 2.35. The van der Waals surface area contributed by atoms with Gasteiger partial charge in [-0.15, -0.1) is 11.8 Å². The van der Waals surface area contributed by atoms with Gasteiger partial charge in [-0.3, -0.25) is 4.21 Å². The summed E-state index contributed by atoms with van der Waals surface area (Å²) in [6.07, 6.45) is 0. The first kappa shape index (κ1) is 9.28. The van der Waals surface area contributed by atoms with Crippen molar-refractivity contribution in [2.45, 2.75) is 11.0 Å². The number of benzene rings is 1. The van der Waals surface area contributed by atoms with Gasteiger partial charge in [0.2, 0.25) is 0 Å². The van der Waals surface area contributed by atoms with E-state index in [0.717, 1.165) is 11.5 Å². The van der Waals surface area contributed by atoms with Gasteiger partial charge in [0.1, 0.15) is 4.08 Å². The van der Waals surface area contributed by atoms with E-state index >= 15 is 0 Å². The van der Waals surface area contributed by atoms with Crippen LogP contribution < -0.4 is 0 Å². The lowest BCUT2D eigenvalue weighted by Gasteiger charge is -2.21. The molecule has 0 aliphatic carbocycles. The van der Waals surface area contributed by atoms with Crippen LogP contribution in [0.4, 0.5) is 0 Å². The van der Waals surface area contributed by atoms with E-state index in [-0.39, 0.29) is 4.08 Å². The van der Waals surface area contributed by atoms with Crippen molar-refractivity contribution in [1.29, 1.82) is 0 Å². The van der Waals surface area contributed by atoms with Crippen LogP contribution in [0.2, 0.25) is 0 Å². The lowest BCUT2D eigenvalue weighted by atomic mass is 10.2. The number of thioether (sulfide) groups is 1. The fraction of sp³-hybridized carbons (Fsp3) is 0.400. The van der Waals surface area contributed by atoms with Crippen LogP contribution in [0.25, 0.3) is 0 Å². The molecule has 0 amide bonds. The zero-order valence-electron chi connectivity index (χ0n) is 7.53. The first-order chi connectivity index (χ1) is 6.23. The minimum Gasteiger partial charge on any atom is -0.258 e. The minimum absolute atomic E-state index is 0.165. The molecule has 0 radical (unpaired) electrons. The molecule has 0 spiro atoms. The molecule has 1 aliphatic heterocycles. The molecule has 0 saturated carbocycles. The highest BCUT2D eigenvalue weighted by Gasteiger charge is 2.38. The highest BCUT2D eigenvalue weighted by atomic mass is 32.2. The molecule has 0 N–H and O–H groups in total. The largest absolute Gasteiger partial charge is 0.258 e. The zero-order chi connectivity index (χ0) is 9.31. The Bertz CT molecular complexity index is 323. The van der Waals surface area contributed by atoms with Crippen LogP contribution in [-0.2, 0) is 14.9 Å². The Kier molecular flexibility index (Phi) is 2.47. The zero-order valence-corrected chi connectivity index (χ0v) is 9.16. The molecular weight excluding hydrogens is 200 g/mol. The highest BCUT2D eigenvalue weighted by molar-refractivity contribution is 8.14. The Morgan fingerprint density at radius 2 is 2.08 bits per heavy atom. The normalized spacial score (nSPS) is 33.5. The lowest BCUT2D eigenvalue weighted by Crippen LogP contribution is -2.19. The van der Waals surface area contributed by atoms with Gasteiger partial charge in [-0.2, -0.15) is 0 Å². The maximum atomic E-state index is 11.8. The summed E-state index contributed by atoms with van der Waals surface area (Å²) in [7, 11) is -0.714. The standard InChI is InChI=1S/C10H12OS2/c1-10(12-7-8-13(10)11)9-5-3-2-4-6-9/h2-6H,7-8H2,1H3. The molecule has 3 heteroatoms. The van der Waals surface area contributed by atoms with Crippen molar-refractivity contribution in [3.8, 4) is 0 Å². The molecule has 0 aromatic heterocycles. The van der Waals surface area contributed by atoms with Crippen LogP contribution in [0.5, 0.6) is 0 Å². The second kappa shape index (κ2) is 3.46. The van der Waals surface area contributed by atoms with Crippen LogP contribution in [0, 0.1) is 0 Å². The summed E-state index contributed by atoms with van der Waals surface area (Å²) in [5.41, 5.74) is 1.19. The van der Waals surface area contributed by atoms with Crippen LogP contribution in [-0.4, -0.2) is 15.7 Å². The van der Waals surface area contributed by atoms with E-state index < -0.39 is 10.8 Å². The van der Waals surface area contributed by atoms with Gasteiger partial charge < -0.3 is 0 Å². The summed E-state index contributed by atoms with van der Waals surface area (Å²) in [6, 6.07) is 10.1. The first-order valence-electron chi connectivity index (χ1n) is 4.31. The van der Waals surface area contributed by atoms with Crippen molar-refractivity contribution in [2.75, 3.05) is 11.5 Å². The molecule has 1 heterocycles. The predicted molar refractivity (Wildman–Crippen MR) is 59.3 cm³/mol. The maximum Gasteiger partial charge on any atom is 0.113 e. The van der Waals surface area contributed by atoms with Crippen molar-refractivity contribution in [2.24, 2.45) is 0 Å². The fourth-order valence-electron chi connectivity index (χ4n) is 1.53. The summed E-state index contributed by atoms with van der Waals surface area (Å²) in [5, 5.41) is 0. The van der Waals surface area contributed by atoms with Gasteiger partial charge in [-0.05, 0) is 12.5 Å². The van der Waals surface area contributed by atoms with Crippen LogP contribution in [0.15, 0.2) is 30.3 Å². The Labute approximate surface area is 85.4 Å². The molecule has 1 fully saturated rings. The number of hydrogen-bond donors (Lipinski definition) is 0. The first-order valence-corrected chi connectivity index (χ1v) is 6.62. The summed E-state index contributed by atoms with van der Waals surface area (Å²) >= 11 is 1.81. The number of hydrogen-bond acceptors (Lipinski definition) is 2. The van der Waals surface area contributed by atoms with E-state index in [0.29, 0.717) is 0 Å². The van der Waals surface area contributed by atoms with Crippen LogP contribution in [0.3, 0.4) is 0 Å². The molecule has 1 aromatic carbocycles. The quantitative estimate of drug-likeness (QED) is 0.711. The van der Waals surface area contributed by atoms with E-state index in [1.54, 1.807) is 11.8 Å². The molecule has 13 heavy (non-hydrogen) atoms. The molecule has 1 aromatic rings. The Morgan fingerprint density at radius 3 is 2.62 bits per heavy atom. The molecule has 2 atom stereocenters. The van der Waals surface area contributed by atoms with Gasteiger partial charge in [0, 0.05) is 22.3 Å². The van der Waals surface area contributed by atoms with Crippen molar-refractivity contribution in [3.63, 3.8) is 0 Å². The molecule has 1 aliphatic rings. The number of rotatable bonds is 1. The van der Waals surface area contributed by atoms with Crippen LogP contribution >= 0.6 is 11.8 Å². The van der Waals surface area contributed by atoms with Crippen molar-refractivity contribution >= 4 is 22.6 Å². The SMILES string of the molecule is CC1(c2ccccc2)SCCS1=O. The minimum atomic E-state index is -0.714. The van der Waals surface area contributed by atoms with E-state index in [2.05, 4.69) is 19.1 Å². The van der Waals surface area contributed by atoms with Crippen molar-refractivity contribution in [3.05, 3.63) is 35.9 Å². The molecule has 1 nitrogen and oxygen atoms in total. The van der Waals surface area contributed by atoms with Gasteiger partial charge in [0.25, 0.3) is 0 Å². The van der Waals surface area contributed by atoms with Gasteiger partial charge >= 0.3 is 0 Å². The fourth-order valence-corrected chi connectivity index (χ4v) is 4.97. The second-order valence-corrected chi connectivity index (χ2v) is 6.90. The molecule has 2 rings (SSSR count). The summed E-state index contributed by atoms with van der Waals surface area (Å²) < 4.78 is 11.6. The summed E-state index contributed by atoms with van der Waals surface area (Å²) in [6.45, 7) is 2.08. The van der Waals surface area contributed by atoms with E-state index in [1.165, 1.54) is 5.56 Å². The van der Waals surface area contributed by atoms with Crippen molar-refractivity contribution < 1.29 is 4.21 Å². The lowest BCUT2D eigenvalue weighted by molar-refractivity contribution is 0.675. The Balaban J connectivity index is 2.40. The highest BCUT2D eigenvalue weighted by Crippen LogP contribution is 2.44. The smallest absolute Gasteiger partial charge is 0.113 e. The Hall–Kier alpha value is -0.280. The molecule has 70 valence electrons. The monoisotopic (exact) mass is 212 g/mol. The Morgan fingerprint density at radius 1 is 1.38 bits per heavy atom.